The Morgan fingerprint density at radius 3 is 2.67 bits per heavy atom. The number of nitrogens with one attached hydrogen (secondary N) is 2. The van der Waals surface area contributed by atoms with Crippen LogP contribution in [0.1, 0.15) is 32.3 Å². The maximum absolute atomic E-state index is 11.8. The van der Waals surface area contributed by atoms with Gasteiger partial charge in [-0.05, 0) is 24.5 Å². The Bertz CT molecular complexity index is 376. The van der Waals surface area contributed by atoms with Crippen LogP contribution in [0.2, 0.25) is 0 Å². The molecule has 0 aromatic heterocycles. The number of benzene rings is 1. The molecule has 1 atom stereocenters. The van der Waals surface area contributed by atoms with Crippen molar-refractivity contribution < 1.29 is 9.90 Å². The topological polar surface area (TPSA) is 61.4 Å². The molecule has 0 bridgehead atoms. The Labute approximate surface area is 108 Å². The zero-order valence-corrected chi connectivity index (χ0v) is 11.1. The first-order valence-electron chi connectivity index (χ1n) is 6.47. The Morgan fingerprint density at radius 2 is 2.06 bits per heavy atom. The maximum atomic E-state index is 11.8. The van der Waals surface area contributed by atoms with Crippen molar-refractivity contribution in [2.24, 2.45) is 0 Å². The molecule has 0 spiro atoms. The first-order chi connectivity index (χ1) is 8.71. The Hall–Kier alpha value is -1.55. The van der Waals surface area contributed by atoms with Gasteiger partial charge in [0.25, 0.3) is 0 Å². The van der Waals surface area contributed by atoms with E-state index in [1.54, 1.807) is 0 Å². The quantitative estimate of drug-likeness (QED) is 0.726. The summed E-state index contributed by atoms with van der Waals surface area (Å²) in [6.07, 6.45) is 2.68. The lowest BCUT2D eigenvalue weighted by Gasteiger charge is -2.16. The molecule has 0 heterocycles. The second-order valence-electron chi connectivity index (χ2n) is 4.29. The number of anilines is 1. The molecule has 0 aliphatic heterocycles. The number of carbonyl (C=O) groups excluding carboxylic acids is 1. The van der Waals surface area contributed by atoms with E-state index in [0.29, 0.717) is 6.42 Å². The van der Waals surface area contributed by atoms with Crippen LogP contribution < -0.4 is 10.6 Å². The third-order valence-corrected chi connectivity index (χ3v) is 2.83. The van der Waals surface area contributed by atoms with Crippen molar-refractivity contribution in [2.75, 3.05) is 11.9 Å². The molecule has 4 heteroatoms. The van der Waals surface area contributed by atoms with Crippen molar-refractivity contribution in [3.8, 4) is 0 Å². The van der Waals surface area contributed by atoms with E-state index in [4.69, 9.17) is 5.11 Å². The molecule has 1 aromatic rings. The van der Waals surface area contributed by atoms with Crippen LogP contribution >= 0.6 is 0 Å². The minimum Gasteiger partial charge on any atom is -0.394 e. The number of hydrogen-bond acceptors (Lipinski definition) is 2. The van der Waals surface area contributed by atoms with Crippen molar-refractivity contribution in [1.82, 2.24) is 5.32 Å². The van der Waals surface area contributed by atoms with Crippen molar-refractivity contribution >= 4 is 11.7 Å². The summed E-state index contributed by atoms with van der Waals surface area (Å²) in [4.78, 5) is 11.8. The van der Waals surface area contributed by atoms with Crippen LogP contribution in [0.4, 0.5) is 10.5 Å². The van der Waals surface area contributed by atoms with Crippen molar-refractivity contribution in [3.05, 3.63) is 29.8 Å². The predicted octanol–water partition coefficient (Wildman–Crippen LogP) is 2.53. The van der Waals surface area contributed by atoms with Gasteiger partial charge in [0.1, 0.15) is 0 Å². The number of urea groups is 1. The minimum atomic E-state index is -0.264. The summed E-state index contributed by atoms with van der Waals surface area (Å²) in [5, 5.41) is 14.6. The van der Waals surface area contributed by atoms with E-state index in [0.717, 1.165) is 24.1 Å². The number of rotatable bonds is 6. The van der Waals surface area contributed by atoms with E-state index >= 15 is 0 Å². The van der Waals surface area contributed by atoms with E-state index in [1.165, 1.54) is 0 Å². The fraction of sp³-hybridized carbons (Fsp3) is 0.500. The van der Waals surface area contributed by atoms with E-state index in [9.17, 15) is 4.79 Å². The lowest BCUT2D eigenvalue weighted by Crippen LogP contribution is -2.39. The van der Waals surface area contributed by atoms with Gasteiger partial charge < -0.3 is 15.7 Å². The molecule has 0 saturated carbocycles. The normalized spacial score (nSPS) is 11.9. The van der Waals surface area contributed by atoms with Crippen LogP contribution in [0.3, 0.4) is 0 Å². The summed E-state index contributed by atoms with van der Waals surface area (Å²) in [6, 6.07) is 7.32. The first kappa shape index (κ1) is 14.5. The molecule has 18 heavy (non-hydrogen) atoms. The minimum absolute atomic E-state index is 0.0411. The average molecular weight is 250 g/mol. The van der Waals surface area contributed by atoms with Crippen molar-refractivity contribution in [1.29, 1.82) is 0 Å². The highest BCUT2D eigenvalue weighted by molar-refractivity contribution is 5.90. The zero-order chi connectivity index (χ0) is 13.4. The van der Waals surface area contributed by atoms with Crippen LogP contribution in [0, 0.1) is 0 Å². The van der Waals surface area contributed by atoms with Crippen LogP contribution in [0.25, 0.3) is 0 Å². The molecule has 0 aliphatic carbocycles. The second kappa shape index (κ2) is 7.71. The summed E-state index contributed by atoms with van der Waals surface area (Å²) < 4.78 is 0. The van der Waals surface area contributed by atoms with Gasteiger partial charge in [0.15, 0.2) is 0 Å². The smallest absolute Gasteiger partial charge is 0.319 e. The third kappa shape index (κ3) is 4.37. The number of para-hydroxylation sites is 1. The molecule has 0 aliphatic rings. The highest BCUT2D eigenvalue weighted by Gasteiger charge is 2.10. The maximum Gasteiger partial charge on any atom is 0.319 e. The average Bonchev–Trinajstić information content (AvgIpc) is 2.38. The highest BCUT2D eigenvalue weighted by Crippen LogP contribution is 2.16. The second-order valence-corrected chi connectivity index (χ2v) is 4.29. The van der Waals surface area contributed by atoms with Gasteiger partial charge in [0, 0.05) is 5.69 Å². The molecular weight excluding hydrogens is 228 g/mol. The summed E-state index contributed by atoms with van der Waals surface area (Å²) in [6.45, 7) is 3.99. The first-order valence-corrected chi connectivity index (χ1v) is 6.47. The molecule has 1 unspecified atom stereocenters. The SMILES string of the molecule is CCCc1ccccc1NC(=O)NC(CC)CO. The molecule has 100 valence electrons. The molecule has 1 rings (SSSR count). The van der Waals surface area contributed by atoms with Gasteiger partial charge in [0.2, 0.25) is 0 Å². The number of aliphatic hydroxyl groups excluding tert-OH is 1. The molecule has 0 radical (unpaired) electrons. The molecule has 0 saturated heterocycles. The van der Waals surface area contributed by atoms with Gasteiger partial charge in [-0.1, -0.05) is 38.5 Å². The van der Waals surface area contributed by atoms with Gasteiger partial charge in [-0.3, -0.25) is 0 Å². The van der Waals surface area contributed by atoms with Gasteiger partial charge in [0.05, 0.1) is 12.6 Å². The summed E-state index contributed by atoms with van der Waals surface area (Å²) >= 11 is 0. The lowest BCUT2D eigenvalue weighted by molar-refractivity contribution is 0.222. The van der Waals surface area contributed by atoms with Gasteiger partial charge >= 0.3 is 6.03 Å². The van der Waals surface area contributed by atoms with E-state index < -0.39 is 0 Å². The van der Waals surface area contributed by atoms with Crippen LogP contribution in [0.5, 0.6) is 0 Å². The monoisotopic (exact) mass is 250 g/mol. The number of hydrogen-bond donors (Lipinski definition) is 3. The largest absolute Gasteiger partial charge is 0.394 e. The number of carbonyl (C=O) groups is 1. The van der Waals surface area contributed by atoms with E-state index in [-0.39, 0.29) is 18.7 Å². The molecule has 0 fully saturated rings. The lowest BCUT2D eigenvalue weighted by atomic mass is 10.1. The Balaban J connectivity index is 2.63. The van der Waals surface area contributed by atoms with Crippen LogP contribution in [0.15, 0.2) is 24.3 Å². The molecule has 1 aromatic carbocycles. The van der Waals surface area contributed by atoms with Gasteiger partial charge in [-0.15, -0.1) is 0 Å². The Morgan fingerprint density at radius 1 is 1.33 bits per heavy atom. The summed E-state index contributed by atoms with van der Waals surface area (Å²) in [5.74, 6) is 0. The molecule has 4 nitrogen and oxygen atoms in total. The third-order valence-electron chi connectivity index (χ3n) is 2.83. The van der Waals surface area contributed by atoms with Gasteiger partial charge in [-0.25, -0.2) is 4.79 Å². The molecular formula is C14H22N2O2. The Kier molecular flexibility index (Phi) is 6.22. The standard InChI is InChI=1S/C14H22N2O2/c1-3-7-11-8-5-6-9-13(11)16-14(18)15-12(4-2)10-17/h5-6,8-9,12,17H,3-4,7,10H2,1-2H3,(H2,15,16,18). The number of amides is 2. The number of aliphatic hydroxyl groups is 1. The molecule has 2 amide bonds. The predicted molar refractivity (Wildman–Crippen MR) is 73.8 cm³/mol. The van der Waals surface area contributed by atoms with E-state index in [2.05, 4.69) is 17.6 Å². The number of aryl methyl sites for hydroxylation is 1. The molecule has 3 N–H and O–H groups in total. The fourth-order valence-electron chi connectivity index (χ4n) is 1.75. The summed E-state index contributed by atoms with van der Waals surface area (Å²) in [5.41, 5.74) is 1.97. The van der Waals surface area contributed by atoms with Crippen LogP contribution in [-0.2, 0) is 6.42 Å². The van der Waals surface area contributed by atoms with Gasteiger partial charge in [-0.2, -0.15) is 0 Å². The van der Waals surface area contributed by atoms with Crippen LogP contribution in [-0.4, -0.2) is 23.8 Å². The fourth-order valence-corrected chi connectivity index (χ4v) is 1.75. The van der Waals surface area contributed by atoms with Crippen molar-refractivity contribution in [2.45, 2.75) is 39.2 Å². The zero-order valence-electron chi connectivity index (χ0n) is 11.1. The highest BCUT2D eigenvalue weighted by atomic mass is 16.3. The summed E-state index contributed by atoms with van der Waals surface area (Å²) in [7, 11) is 0. The van der Waals surface area contributed by atoms with Crippen molar-refractivity contribution in [3.63, 3.8) is 0 Å². The van der Waals surface area contributed by atoms with E-state index in [1.807, 2.05) is 31.2 Å².